The molecule has 1 aromatic heterocycles. The highest BCUT2D eigenvalue weighted by Crippen LogP contribution is 2.13. The van der Waals surface area contributed by atoms with Gasteiger partial charge in [-0.15, -0.1) is 0 Å². The third kappa shape index (κ3) is 2.73. The number of ketones is 1. The maximum atomic E-state index is 12.1. The second kappa shape index (κ2) is 5.47. The molecule has 0 unspecified atom stereocenters. The maximum Gasteiger partial charge on any atom is 0.156 e. The Labute approximate surface area is 121 Å². The third-order valence-electron chi connectivity index (χ3n) is 3.19. The Kier molecular flexibility index (Phi) is 3.52. The van der Waals surface area contributed by atoms with Crippen LogP contribution in [0.15, 0.2) is 54.9 Å². The number of nitrogens with zero attached hydrogens (tertiary/aromatic N) is 2. The fourth-order valence-electron chi connectivity index (χ4n) is 2.21. The van der Waals surface area contributed by atoms with E-state index in [-0.39, 0.29) is 5.78 Å². The molecule has 0 amide bonds. The lowest BCUT2D eigenvalue weighted by molar-refractivity contribution is -0.118. The summed E-state index contributed by atoms with van der Waals surface area (Å²) in [5, 5.41) is 0.682. The Morgan fingerprint density at radius 2 is 1.85 bits per heavy atom. The number of hydrogen-bond donors (Lipinski definition) is 0. The number of imidazole rings is 1. The Bertz CT molecular complexity index is 747. The highest BCUT2D eigenvalue weighted by atomic mass is 35.5. The van der Waals surface area contributed by atoms with Crippen LogP contribution in [0.25, 0.3) is 11.0 Å². The van der Waals surface area contributed by atoms with Gasteiger partial charge in [-0.05, 0) is 29.8 Å². The van der Waals surface area contributed by atoms with Gasteiger partial charge in [0.2, 0.25) is 0 Å². The first-order valence-corrected chi connectivity index (χ1v) is 6.76. The van der Waals surface area contributed by atoms with E-state index in [1.807, 2.05) is 41.0 Å². The van der Waals surface area contributed by atoms with E-state index in [1.165, 1.54) is 0 Å². The van der Waals surface area contributed by atoms with Gasteiger partial charge in [-0.1, -0.05) is 35.9 Å². The van der Waals surface area contributed by atoms with Crippen molar-refractivity contribution in [1.82, 2.24) is 9.55 Å². The molecule has 20 heavy (non-hydrogen) atoms. The molecule has 0 saturated heterocycles. The normalized spacial score (nSPS) is 10.8. The number of hydrogen-bond acceptors (Lipinski definition) is 2. The summed E-state index contributed by atoms with van der Waals surface area (Å²) in [5.74, 6) is 0.149. The number of carbonyl (C=O) groups is 1. The first-order valence-electron chi connectivity index (χ1n) is 6.38. The van der Waals surface area contributed by atoms with E-state index in [2.05, 4.69) is 4.98 Å². The highest BCUT2D eigenvalue weighted by Gasteiger charge is 2.08. The minimum atomic E-state index is 0.149. The van der Waals surface area contributed by atoms with Gasteiger partial charge in [-0.3, -0.25) is 4.79 Å². The summed E-state index contributed by atoms with van der Waals surface area (Å²) < 4.78 is 1.88. The molecule has 0 fully saturated rings. The molecule has 0 radical (unpaired) electrons. The topological polar surface area (TPSA) is 34.9 Å². The molecule has 0 saturated carbocycles. The molecule has 0 bridgehead atoms. The number of carbonyl (C=O) groups excluding carboxylic acids is 1. The molecule has 0 aliphatic rings. The third-order valence-corrected chi connectivity index (χ3v) is 3.44. The zero-order valence-electron chi connectivity index (χ0n) is 10.8. The van der Waals surface area contributed by atoms with E-state index in [1.54, 1.807) is 18.5 Å². The quantitative estimate of drug-likeness (QED) is 0.735. The number of para-hydroxylation sites is 2. The summed E-state index contributed by atoms with van der Waals surface area (Å²) in [6.45, 7) is 0.336. The molecule has 3 nitrogen and oxygen atoms in total. The van der Waals surface area contributed by atoms with Crippen molar-refractivity contribution in [1.29, 1.82) is 0 Å². The fourth-order valence-corrected chi connectivity index (χ4v) is 2.34. The lowest BCUT2D eigenvalue weighted by Crippen LogP contribution is -2.11. The van der Waals surface area contributed by atoms with Crippen LogP contribution >= 0.6 is 11.6 Å². The predicted octanol–water partition coefficient (Wildman–Crippen LogP) is 3.50. The molecule has 3 aromatic rings. The average Bonchev–Trinajstić information content (AvgIpc) is 2.85. The molecular weight excluding hydrogens is 272 g/mol. The van der Waals surface area contributed by atoms with Crippen LogP contribution in [0.1, 0.15) is 5.56 Å². The van der Waals surface area contributed by atoms with E-state index in [0.29, 0.717) is 18.0 Å². The Balaban J connectivity index is 1.74. The van der Waals surface area contributed by atoms with Crippen molar-refractivity contribution < 1.29 is 4.79 Å². The SMILES string of the molecule is O=C(Cc1ccc(Cl)cc1)Cn1cnc2ccccc21. The first kappa shape index (κ1) is 12.9. The molecule has 0 aliphatic carbocycles. The van der Waals surface area contributed by atoms with E-state index < -0.39 is 0 Å². The van der Waals surface area contributed by atoms with Crippen molar-refractivity contribution in [2.24, 2.45) is 0 Å². The van der Waals surface area contributed by atoms with Crippen molar-refractivity contribution in [3.63, 3.8) is 0 Å². The number of fused-ring (bicyclic) bond motifs is 1. The van der Waals surface area contributed by atoms with Gasteiger partial charge in [0, 0.05) is 11.4 Å². The largest absolute Gasteiger partial charge is 0.323 e. The van der Waals surface area contributed by atoms with Crippen LogP contribution in [-0.2, 0) is 17.8 Å². The minimum Gasteiger partial charge on any atom is -0.323 e. The summed E-state index contributed by atoms with van der Waals surface area (Å²) in [6.07, 6.45) is 2.12. The van der Waals surface area contributed by atoms with Gasteiger partial charge in [0.15, 0.2) is 5.78 Å². The van der Waals surface area contributed by atoms with E-state index in [4.69, 9.17) is 11.6 Å². The average molecular weight is 285 g/mol. The van der Waals surface area contributed by atoms with Crippen LogP contribution < -0.4 is 0 Å². The van der Waals surface area contributed by atoms with Crippen molar-refractivity contribution in [2.45, 2.75) is 13.0 Å². The standard InChI is InChI=1S/C16H13ClN2O/c17-13-7-5-12(6-8-13)9-14(20)10-19-11-18-15-3-1-2-4-16(15)19/h1-8,11H,9-10H2. The summed E-state index contributed by atoms with van der Waals surface area (Å²) in [4.78, 5) is 16.4. The zero-order valence-corrected chi connectivity index (χ0v) is 11.5. The number of benzene rings is 2. The van der Waals surface area contributed by atoms with Gasteiger partial charge in [0.25, 0.3) is 0 Å². The van der Waals surface area contributed by atoms with E-state index in [9.17, 15) is 4.79 Å². The Morgan fingerprint density at radius 1 is 1.10 bits per heavy atom. The molecule has 0 aliphatic heterocycles. The van der Waals surface area contributed by atoms with Crippen molar-refractivity contribution >= 4 is 28.4 Å². The van der Waals surface area contributed by atoms with Gasteiger partial charge in [0.05, 0.1) is 23.9 Å². The fraction of sp³-hybridized carbons (Fsp3) is 0.125. The Hall–Kier alpha value is -2.13. The number of rotatable bonds is 4. The van der Waals surface area contributed by atoms with Gasteiger partial charge < -0.3 is 4.57 Å². The second-order valence-electron chi connectivity index (χ2n) is 4.70. The van der Waals surface area contributed by atoms with Crippen molar-refractivity contribution in [3.05, 3.63) is 65.4 Å². The summed E-state index contributed by atoms with van der Waals surface area (Å²) in [5.41, 5.74) is 2.87. The van der Waals surface area contributed by atoms with Crippen LogP contribution in [-0.4, -0.2) is 15.3 Å². The highest BCUT2D eigenvalue weighted by molar-refractivity contribution is 6.30. The number of aromatic nitrogens is 2. The van der Waals surface area contributed by atoms with Gasteiger partial charge in [-0.2, -0.15) is 0 Å². The summed E-state index contributed by atoms with van der Waals surface area (Å²) in [6, 6.07) is 15.2. The van der Waals surface area contributed by atoms with E-state index in [0.717, 1.165) is 16.6 Å². The molecular formula is C16H13ClN2O. The molecule has 4 heteroatoms. The molecule has 1 heterocycles. The molecule has 3 rings (SSSR count). The van der Waals surface area contributed by atoms with Crippen molar-refractivity contribution in [2.75, 3.05) is 0 Å². The van der Waals surface area contributed by atoms with Crippen LogP contribution in [0.5, 0.6) is 0 Å². The van der Waals surface area contributed by atoms with Gasteiger partial charge in [0.1, 0.15) is 0 Å². The first-order chi connectivity index (χ1) is 9.72. The lowest BCUT2D eigenvalue weighted by Gasteiger charge is -2.04. The Morgan fingerprint density at radius 3 is 2.65 bits per heavy atom. The second-order valence-corrected chi connectivity index (χ2v) is 5.14. The van der Waals surface area contributed by atoms with Crippen molar-refractivity contribution in [3.8, 4) is 0 Å². The lowest BCUT2D eigenvalue weighted by atomic mass is 10.1. The number of Topliss-reactive ketones (excluding diaryl/α,β-unsaturated/α-hetero) is 1. The summed E-state index contributed by atoms with van der Waals surface area (Å²) in [7, 11) is 0. The molecule has 0 spiro atoms. The minimum absolute atomic E-state index is 0.149. The van der Waals surface area contributed by atoms with Gasteiger partial charge in [-0.25, -0.2) is 4.98 Å². The monoisotopic (exact) mass is 284 g/mol. The molecule has 0 N–H and O–H groups in total. The molecule has 0 atom stereocenters. The number of halogens is 1. The predicted molar refractivity (Wildman–Crippen MR) is 79.9 cm³/mol. The maximum absolute atomic E-state index is 12.1. The zero-order chi connectivity index (χ0) is 13.9. The van der Waals surface area contributed by atoms with Crippen LogP contribution in [0.4, 0.5) is 0 Å². The van der Waals surface area contributed by atoms with E-state index >= 15 is 0 Å². The summed E-state index contributed by atoms with van der Waals surface area (Å²) >= 11 is 5.83. The smallest absolute Gasteiger partial charge is 0.156 e. The van der Waals surface area contributed by atoms with Gasteiger partial charge >= 0.3 is 0 Å². The molecule has 2 aromatic carbocycles. The van der Waals surface area contributed by atoms with Crippen LogP contribution in [0, 0.1) is 0 Å². The molecule has 100 valence electrons. The van der Waals surface area contributed by atoms with Crippen LogP contribution in [0.3, 0.4) is 0 Å². The van der Waals surface area contributed by atoms with Crippen LogP contribution in [0.2, 0.25) is 5.02 Å².